The maximum atomic E-state index is 13.0. The topological polar surface area (TPSA) is 110 Å². The highest BCUT2D eigenvalue weighted by molar-refractivity contribution is 7.89. The molecule has 9 nitrogen and oxygen atoms in total. The number of sulfonamides is 1. The van der Waals surface area contributed by atoms with Gasteiger partial charge in [0.05, 0.1) is 11.4 Å². The third-order valence-corrected chi connectivity index (χ3v) is 8.01. The second-order valence-electron chi connectivity index (χ2n) is 7.71. The number of nitrogens with zero attached hydrogens (tertiary/aromatic N) is 3. The minimum absolute atomic E-state index is 0.151. The number of anilines is 2. The van der Waals surface area contributed by atoms with Crippen molar-refractivity contribution in [2.24, 2.45) is 0 Å². The first-order valence-corrected chi connectivity index (χ1v) is 12.7. The number of hydrogen-bond acceptors (Lipinski definition) is 7. The van der Waals surface area contributed by atoms with Crippen molar-refractivity contribution in [2.45, 2.75) is 16.3 Å². The Bertz CT molecular complexity index is 1130. The number of hydrogen-bond donors (Lipinski definition) is 2. The standard InChI is InChI=1S/C20H28N4O5S2/c1-22(2)30(25,26)20-14-19(31(27,28)29)17(21-15-16-7-5-4-6-8-16)13-18(20)24-11-9-23(3)10-12-24/h4-8,13-14,21H,9-12,15H2,1-3H3,(H,27,28,29). The SMILES string of the molecule is CN1CCN(c2cc(NCc3ccccc3)c(S(=O)(=O)O)cc2S(=O)(=O)N(C)C)CC1. The Morgan fingerprint density at radius 2 is 1.58 bits per heavy atom. The fourth-order valence-corrected chi connectivity index (χ4v) is 5.26. The molecule has 0 radical (unpaired) electrons. The van der Waals surface area contributed by atoms with Crippen molar-refractivity contribution in [1.82, 2.24) is 9.21 Å². The van der Waals surface area contributed by atoms with E-state index in [4.69, 9.17) is 0 Å². The van der Waals surface area contributed by atoms with Gasteiger partial charge in [-0.1, -0.05) is 30.3 Å². The van der Waals surface area contributed by atoms with Crippen LogP contribution in [0.3, 0.4) is 0 Å². The molecule has 0 unspecified atom stereocenters. The van der Waals surface area contributed by atoms with Gasteiger partial charge in [0.25, 0.3) is 10.1 Å². The number of nitrogens with one attached hydrogen (secondary N) is 1. The smallest absolute Gasteiger partial charge is 0.296 e. The molecular weight excluding hydrogens is 440 g/mol. The molecule has 31 heavy (non-hydrogen) atoms. The van der Waals surface area contributed by atoms with Crippen LogP contribution in [0.4, 0.5) is 11.4 Å². The summed E-state index contributed by atoms with van der Waals surface area (Å²) in [6, 6.07) is 11.9. The zero-order valence-corrected chi connectivity index (χ0v) is 19.4. The zero-order chi connectivity index (χ0) is 22.8. The first-order chi connectivity index (χ1) is 14.5. The minimum Gasteiger partial charge on any atom is -0.380 e. The first-order valence-electron chi connectivity index (χ1n) is 9.79. The van der Waals surface area contributed by atoms with Crippen LogP contribution in [-0.4, -0.2) is 77.9 Å². The van der Waals surface area contributed by atoms with E-state index in [-0.39, 0.29) is 10.6 Å². The molecule has 2 N–H and O–H groups in total. The molecule has 0 amide bonds. The molecule has 1 saturated heterocycles. The van der Waals surface area contributed by atoms with E-state index in [0.29, 0.717) is 25.3 Å². The van der Waals surface area contributed by atoms with Gasteiger partial charge in [-0.15, -0.1) is 0 Å². The monoisotopic (exact) mass is 468 g/mol. The quantitative estimate of drug-likeness (QED) is 0.589. The molecule has 2 aromatic rings. The number of benzene rings is 2. The van der Waals surface area contributed by atoms with Crippen molar-refractivity contribution in [3.05, 3.63) is 48.0 Å². The van der Waals surface area contributed by atoms with Gasteiger partial charge in [0.2, 0.25) is 10.0 Å². The largest absolute Gasteiger partial charge is 0.380 e. The molecule has 0 spiro atoms. The average Bonchev–Trinajstić information content (AvgIpc) is 2.72. The van der Waals surface area contributed by atoms with Gasteiger partial charge < -0.3 is 15.1 Å². The average molecular weight is 469 g/mol. The van der Waals surface area contributed by atoms with Gasteiger partial charge in [0.1, 0.15) is 9.79 Å². The third kappa shape index (κ3) is 5.36. The summed E-state index contributed by atoms with van der Waals surface area (Å²) in [6.45, 7) is 2.99. The summed E-state index contributed by atoms with van der Waals surface area (Å²) in [4.78, 5) is 3.44. The van der Waals surface area contributed by atoms with Crippen LogP contribution in [0, 0.1) is 0 Å². The molecule has 3 rings (SSSR count). The summed E-state index contributed by atoms with van der Waals surface area (Å²) >= 11 is 0. The minimum atomic E-state index is -4.67. The summed E-state index contributed by atoms with van der Waals surface area (Å²) in [5.41, 5.74) is 1.47. The van der Waals surface area contributed by atoms with Crippen molar-refractivity contribution in [2.75, 3.05) is 57.5 Å². The summed E-state index contributed by atoms with van der Waals surface area (Å²) in [6.07, 6.45) is 0. The molecular formula is C20H28N4O5S2. The van der Waals surface area contributed by atoms with Gasteiger partial charge in [0, 0.05) is 46.8 Å². The maximum Gasteiger partial charge on any atom is 0.296 e. The van der Waals surface area contributed by atoms with Crippen molar-refractivity contribution in [3.63, 3.8) is 0 Å². The molecule has 0 saturated carbocycles. The van der Waals surface area contributed by atoms with E-state index in [2.05, 4.69) is 10.2 Å². The number of likely N-dealkylation sites (N-methyl/N-ethyl adjacent to an activating group) is 1. The normalized spacial score (nSPS) is 16.0. The lowest BCUT2D eigenvalue weighted by molar-refractivity contribution is 0.312. The third-order valence-electron chi connectivity index (χ3n) is 5.27. The van der Waals surface area contributed by atoms with Crippen LogP contribution >= 0.6 is 0 Å². The summed E-state index contributed by atoms with van der Waals surface area (Å²) in [5.74, 6) is 0. The van der Waals surface area contributed by atoms with Gasteiger partial charge in [-0.05, 0) is 24.7 Å². The van der Waals surface area contributed by atoms with Crippen LogP contribution in [0.5, 0.6) is 0 Å². The fraction of sp³-hybridized carbons (Fsp3) is 0.400. The molecule has 1 aliphatic rings. The van der Waals surface area contributed by atoms with Crippen LogP contribution in [-0.2, 0) is 26.7 Å². The second kappa shape index (κ2) is 9.13. The Labute approximate surface area is 184 Å². The first kappa shape index (κ1) is 23.5. The fourth-order valence-electron chi connectivity index (χ4n) is 3.39. The van der Waals surface area contributed by atoms with E-state index in [1.54, 1.807) is 0 Å². The van der Waals surface area contributed by atoms with Crippen LogP contribution < -0.4 is 10.2 Å². The Hall–Kier alpha value is -2.18. The van der Waals surface area contributed by atoms with Gasteiger partial charge in [-0.3, -0.25) is 4.55 Å². The molecule has 0 aromatic heterocycles. The predicted molar refractivity (Wildman–Crippen MR) is 121 cm³/mol. The van der Waals surface area contributed by atoms with Gasteiger partial charge in [0.15, 0.2) is 0 Å². The van der Waals surface area contributed by atoms with E-state index >= 15 is 0 Å². The number of piperazine rings is 1. The Kier molecular flexibility index (Phi) is 6.92. The summed E-state index contributed by atoms with van der Waals surface area (Å²) in [5, 5.41) is 3.05. The van der Waals surface area contributed by atoms with E-state index < -0.39 is 25.0 Å². The predicted octanol–water partition coefficient (Wildman–Crippen LogP) is 1.55. The summed E-state index contributed by atoms with van der Waals surface area (Å²) < 4.78 is 61.2. The molecule has 2 aromatic carbocycles. The van der Waals surface area contributed by atoms with Gasteiger partial charge in [-0.25, -0.2) is 12.7 Å². The molecule has 0 atom stereocenters. The molecule has 0 bridgehead atoms. The Balaban J connectivity index is 2.14. The second-order valence-corrected chi connectivity index (χ2v) is 11.2. The highest BCUT2D eigenvalue weighted by Gasteiger charge is 2.30. The summed E-state index contributed by atoms with van der Waals surface area (Å²) in [7, 11) is -3.87. The van der Waals surface area contributed by atoms with Gasteiger partial charge >= 0.3 is 0 Å². The maximum absolute atomic E-state index is 13.0. The number of rotatable bonds is 7. The molecule has 1 heterocycles. The van der Waals surface area contributed by atoms with Crippen LogP contribution in [0.25, 0.3) is 0 Å². The van der Waals surface area contributed by atoms with Crippen molar-refractivity contribution >= 4 is 31.5 Å². The molecule has 11 heteroatoms. The lowest BCUT2D eigenvalue weighted by Crippen LogP contribution is -2.45. The van der Waals surface area contributed by atoms with Crippen molar-refractivity contribution in [3.8, 4) is 0 Å². The van der Waals surface area contributed by atoms with Gasteiger partial charge in [-0.2, -0.15) is 8.42 Å². The lowest BCUT2D eigenvalue weighted by Gasteiger charge is -2.35. The van der Waals surface area contributed by atoms with E-state index in [1.807, 2.05) is 42.3 Å². The van der Waals surface area contributed by atoms with Crippen LogP contribution in [0.15, 0.2) is 52.3 Å². The Morgan fingerprint density at radius 3 is 2.13 bits per heavy atom. The lowest BCUT2D eigenvalue weighted by atomic mass is 10.2. The zero-order valence-electron chi connectivity index (χ0n) is 17.8. The highest BCUT2D eigenvalue weighted by Crippen LogP contribution is 2.36. The molecule has 170 valence electrons. The molecule has 0 aliphatic carbocycles. The highest BCUT2D eigenvalue weighted by atomic mass is 32.2. The molecule has 1 aliphatic heterocycles. The van der Waals surface area contributed by atoms with Crippen LogP contribution in [0.1, 0.15) is 5.56 Å². The van der Waals surface area contributed by atoms with E-state index in [1.165, 1.54) is 20.2 Å². The van der Waals surface area contributed by atoms with Crippen LogP contribution in [0.2, 0.25) is 0 Å². The van der Waals surface area contributed by atoms with Crippen molar-refractivity contribution in [1.29, 1.82) is 0 Å². The molecule has 1 fully saturated rings. The Morgan fingerprint density at radius 1 is 0.968 bits per heavy atom. The van der Waals surface area contributed by atoms with Crippen molar-refractivity contribution < 1.29 is 21.4 Å². The van der Waals surface area contributed by atoms with E-state index in [0.717, 1.165) is 29.0 Å². The van der Waals surface area contributed by atoms with E-state index in [9.17, 15) is 21.4 Å².